The molecule has 170 valence electrons. The van der Waals surface area contributed by atoms with Crippen molar-refractivity contribution in [3.63, 3.8) is 0 Å². The van der Waals surface area contributed by atoms with Crippen molar-refractivity contribution in [3.8, 4) is 11.5 Å². The number of hydrogen-bond acceptors (Lipinski definition) is 6. The number of aliphatic hydroxyl groups excluding tert-OH is 2. The number of rotatable bonds is 9. The van der Waals surface area contributed by atoms with Gasteiger partial charge in [0, 0.05) is 25.2 Å². The lowest BCUT2D eigenvalue weighted by molar-refractivity contribution is 0.00290. The smallest absolute Gasteiger partial charge is 0.145 e. The summed E-state index contributed by atoms with van der Waals surface area (Å²) in [5.74, 6) is 2.21. The lowest BCUT2D eigenvalue weighted by atomic mass is 10.1. The van der Waals surface area contributed by atoms with Crippen LogP contribution < -0.4 is 9.47 Å². The Morgan fingerprint density at radius 3 is 1.50 bits per heavy atom. The molecule has 8 heteroatoms. The number of nitrogens with zero attached hydrogens (tertiary/aromatic N) is 4. The highest BCUT2D eigenvalue weighted by molar-refractivity contribution is 5.79. The molecule has 2 N–H and O–H groups in total. The maximum Gasteiger partial charge on any atom is 0.145 e. The maximum absolute atomic E-state index is 11.3. The number of ether oxygens (including phenoxy) is 2. The molecule has 0 unspecified atom stereocenters. The van der Waals surface area contributed by atoms with Crippen LogP contribution in [0.1, 0.15) is 50.5 Å². The molecule has 2 aromatic carbocycles. The van der Waals surface area contributed by atoms with Crippen LogP contribution in [0.3, 0.4) is 0 Å². The van der Waals surface area contributed by atoms with Crippen LogP contribution in [-0.2, 0) is 13.1 Å². The number of hydrogen-bond donors (Lipinski definition) is 2. The predicted molar refractivity (Wildman–Crippen MR) is 123 cm³/mol. The van der Waals surface area contributed by atoms with Gasteiger partial charge in [-0.05, 0) is 37.1 Å². The van der Waals surface area contributed by atoms with Gasteiger partial charge in [0.05, 0.1) is 36.3 Å². The minimum Gasteiger partial charge on any atom is -0.497 e. The summed E-state index contributed by atoms with van der Waals surface area (Å²) in [6.07, 6.45) is -0.758. The Morgan fingerprint density at radius 2 is 1.16 bits per heavy atom. The van der Waals surface area contributed by atoms with E-state index in [0.717, 1.165) is 23.9 Å². The zero-order valence-electron chi connectivity index (χ0n) is 18.9. The van der Waals surface area contributed by atoms with Gasteiger partial charge in [-0.1, -0.05) is 13.8 Å². The van der Waals surface area contributed by atoms with E-state index in [2.05, 4.69) is 23.8 Å². The van der Waals surface area contributed by atoms with Gasteiger partial charge in [-0.15, -0.1) is 0 Å². The molecular formula is C24H30N4O4. The fraction of sp³-hybridized carbons (Fsp3) is 0.417. The molecule has 0 saturated heterocycles. The third-order valence-corrected chi connectivity index (χ3v) is 5.69. The molecule has 2 aromatic heterocycles. The number of aryl methyl sites for hydroxylation is 2. The Balaban J connectivity index is 1.80. The largest absolute Gasteiger partial charge is 0.497 e. The second kappa shape index (κ2) is 9.18. The molecule has 0 aliphatic carbocycles. The average molecular weight is 439 g/mol. The lowest BCUT2D eigenvalue weighted by Gasteiger charge is -2.20. The van der Waals surface area contributed by atoms with Crippen molar-refractivity contribution in [1.29, 1.82) is 0 Å². The standard InChI is InChI=1S/C24H30N4O4/c1-5-11-27-19-9-7-15(31-3)13-17(19)25-23(27)21(29)22(30)24-26-18-14-16(32-4)8-10-20(18)28(24)12-6-2/h7-10,13-14,21-22,29-30H,5-6,11-12H2,1-4H3/t21-,22-/m1/s1. The monoisotopic (exact) mass is 438 g/mol. The zero-order chi connectivity index (χ0) is 22.8. The highest BCUT2D eigenvalue weighted by atomic mass is 16.5. The van der Waals surface area contributed by atoms with E-state index in [1.54, 1.807) is 14.2 Å². The van der Waals surface area contributed by atoms with Crippen molar-refractivity contribution < 1.29 is 19.7 Å². The van der Waals surface area contributed by atoms with E-state index in [0.29, 0.717) is 47.3 Å². The molecule has 8 nitrogen and oxygen atoms in total. The first-order valence-corrected chi connectivity index (χ1v) is 11.0. The molecule has 2 atom stereocenters. The van der Waals surface area contributed by atoms with Gasteiger partial charge in [-0.25, -0.2) is 9.97 Å². The molecular weight excluding hydrogens is 408 g/mol. The van der Waals surface area contributed by atoms with E-state index >= 15 is 0 Å². The Hall–Kier alpha value is -3.10. The molecule has 0 radical (unpaired) electrons. The van der Waals surface area contributed by atoms with Gasteiger partial charge in [0.1, 0.15) is 35.4 Å². The summed E-state index contributed by atoms with van der Waals surface area (Å²) in [4.78, 5) is 9.32. The van der Waals surface area contributed by atoms with Gasteiger partial charge >= 0.3 is 0 Å². The van der Waals surface area contributed by atoms with Crippen molar-refractivity contribution >= 4 is 22.1 Å². The fourth-order valence-corrected chi connectivity index (χ4v) is 4.16. The summed E-state index contributed by atoms with van der Waals surface area (Å²) in [5.41, 5.74) is 3.21. The Bertz CT molecular complexity index is 1130. The Kier molecular flexibility index (Phi) is 6.34. The first-order valence-electron chi connectivity index (χ1n) is 11.0. The van der Waals surface area contributed by atoms with Crippen LogP contribution in [0, 0.1) is 0 Å². The molecule has 0 spiro atoms. The third kappa shape index (κ3) is 3.80. The summed E-state index contributed by atoms with van der Waals surface area (Å²) < 4.78 is 14.6. The van der Waals surface area contributed by atoms with Crippen LogP contribution in [-0.4, -0.2) is 43.5 Å². The molecule has 32 heavy (non-hydrogen) atoms. The molecule has 0 saturated carbocycles. The fourth-order valence-electron chi connectivity index (χ4n) is 4.16. The first-order chi connectivity index (χ1) is 15.5. The summed E-state index contributed by atoms with van der Waals surface area (Å²) in [7, 11) is 3.22. The molecule has 0 amide bonds. The van der Waals surface area contributed by atoms with E-state index < -0.39 is 12.2 Å². The topological polar surface area (TPSA) is 94.6 Å². The molecule has 0 aliphatic rings. The van der Waals surface area contributed by atoms with E-state index in [-0.39, 0.29) is 0 Å². The molecule has 4 rings (SSSR count). The van der Waals surface area contributed by atoms with E-state index in [4.69, 9.17) is 9.47 Å². The van der Waals surface area contributed by atoms with E-state index in [1.165, 1.54) is 0 Å². The number of aliphatic hydroxyl groups is 2. The van der Waals surface area contributed by atoms with Crippen LogP contribution in [0.15, 0.2) is 36.4 Å². The summed E-state index contributed by atoms with van der Waals surface area (Å²) >= 11 is 0. The quantitative estimate of drug-likeness (QED) is 0.410. The van der Waals surface area contributed by atoms with Crippen LogP contribution >= 0.6 is 0 Å². The normalized spacial score (nSPS) is 13.6. The first kappa shape index (κ1) is 22.1. The van der Waals surface area contributed by atoms with Crippen molar-refractivity contribution in [2.24, 2.45) is 0 Å². The number of imidazole rings is 2. The second-order valence-corrected chi connectivity index (χ2v) is 7.84. The van der Waals surface area contributed by atoms with Crippen LogP contribution in [0.2, 0.25) is 0 Å². The van der Waals surface area contributed by atoms with Crippen LogP contribution in [0.4, 0.5) is 0 Å². The van der Waals surface area contributed by atoms with Crippen molar-refractivity contribution in [1.82, 2.24) is 19.1 Å². The average Bonchev–Trinajstić information content (AvgIpc) is 3.36. The van der Waals surface area contributed by atoms with Crippen molar-refractivity contribution in [2.45, 2.75) is 52.0 Å². The highest BCUT2D eigenvalue weighted by Gasteiger charge is 2.30. The number of aromatic nitrogens is 4. The van der Waals surface area contributed by atoms with Gasteiger partial charge in [-0.3, -0.25) is 0 Å². The molecule has 4 aromatic rings. The minimum absolute atomic E-state index is 0.412. The Labute approximate surface area is 187 Å². The third-order valence-electron chi connectivity index (χ3n) is 5.69. The van der Waals surface area contributed by atoms with E-state index in [9.17, 15) is 10.2 Å². The van der Waals surface area contributed by atoms with Crippen LogP contribution in [0.25, 0.3) is 22.1 Å². The summed E-state index contributed by atoms with van der Waals surface area (Å²) in [6, 6.07) is 11.3. The highest BCUT2D eigenvalue weighted by Crippen LogP contribution is 2.34. The van der Waals surface area contributed by atoms with Gasteiger partial charge in [0.25, 0.3) is 0 Å². The maximum atomic E-state index is 11.3. The van der Waals surface area contributed by atoms with Gasteiger partial charge in [-0.2, -0.15) is 0 Å². The van der Waals surface area contributed by atoms with Crippen LogP contribution in [0.5, 0.6) is 11.5 Å². The summed E-state index contributed by atoms with van der Waals surface area (Å²) in [6.45, 7) is 5.47. The van der Waals surface area contributed by atoms with Gasteiger partial charge < -0.3 is 28.8 Å². The number of fused-ring (bicyclic) bond motifs is 2. The second-order valence-electron chi connectivity index (χ2n) is 7.84. The molecule has 2 heterocycles. The minimum atomic E-state index is -1.24. The number of benzene rings is 2. The van der Waals surface area contributed by atoms with Gasteiger partial charge in [0.2, 0.25) is 0 Å². The predicted octanol–water partition coefficient (Wildman–Crippen LogP) is 3.99. The molecule has 0 bridgehead atoms. The van der Waals surface area contributed by atoms with Crippen molar-refractivity contribution in [3.05, 3.63) is 48.0 Å². The van der Waals surface area contributed by atoms with Crippen molar-refractivity contribution in [2.75, 3.05) is 14.2 Å². The SMILES string of the molecule is CCCn1c([C@H](O)[C@@H](O)c2nc3cc(OC)ccc3n2CCC)nc2cc(OC)ccc21. The summed E-state index contributed by atoms with van der Waals surface area (Å²) in [5, 5.41) is 22.5. The van der Waals surface area contributed by atoms with Gasteiger partial charge in [0.15, 0.2) is 0 Å². The zero-order valence-corrected chi connectivity index (χ0v) is 18.9. The molecule has 0 aliphatic heterocycles. The molecule has 0 fully saturated rings. The Morgan fingerprint density at radius 1 is 0.750 bits per heavy atom. The number of methoxy groups -OCH3 is 2. The lowest BCUT2D eigenvalue weighted by Crippen LogP contribution is -2.19. The van der Waals surface area contributed by atoms with E-state index in [1.807, 2.05) is 45.5 Å².